The molecule has 0 saturated heterocycles. The fourth-order valence-electron chi connectivity index (χ4n) is 2.76. The highest BCUT2D eigenvalue weighted by atomic mass is 35.5. The molecule has 0 radical (unpaired) electrons. The zero-order chi connectivity index (χ0) is 17.6. The summed E-state index contributed by atoms with van der Waals surface area (Å²) in [5.41, 5.74) is 1.67. The SMILES string of the molecule is CC(C)c1nnc2ccc(-c3ocnc3-c3cc(F)ccc3F)cn12.Cl. The molecule has 3 heterocycles. The molecule has 0 spiro atoms. The molecule has 0 atom stereocenters. The van der Waals surface area contributed by atoms with Gasteiger partial charge in [-0.3, -0.25) is 4.40 Å². The average Bonchev–Trinajstić information content (AvgIpc) is 3.22. The van der Waals surface area contributed by atoms with Crippen molar-refractivity contribution in [1.82, 2.24) is 19.6 Å². The lowest BCUT2D eigenvalue weighted by molar-refractivity contribution is 0.571. The second kappa shape index (κ2) is 6.84. The van der Waals surface area contributed by atoms with Crippen LogP contribution in [0.1, 0.15) is 25.6 Å². The first-order valence-corrected chi connectivity index (χ1v) is 7.78. The Morgan fingerprint density at radius 3 is 2.65 bits per heavy atom. The van der Waals surface area contributed by atoms with Crippen molar-refractivity contribution in [1.29, 1.82) is 0 Å². The number of benzene rings is 1. The second-order valence-electron chi connectivity index (χ2n) is 6.01. The van der Waals surface area contributed by atoms with Gasteiger partial charge in [-0.1, -0.05) is 13.8 Å². The molecule has 3 aromatic heterocycles. The molecule has 5 nitrogen and oxygen atoms in total. The summed E-state index contributed by atoms with van der Waals surface area (Å²) in [6.45, 7) is 4.04. The van der Waals surface area contributed by atoms with Gasteiger partial charge in [-0.15, -0.1) is 22.6 Å². The Hall–Kier alpha value is -2.80. The van der Waals surface area contributed by atoms with Crippen molar-refractivity contribution in [2.45, 2.75) is 19.8 Å². The van der Waals surface area contributed by atoms with Gasteiger partial charge < -0.3 is 4.42 Å². The van der Waals surface area contributed by atoms with Crippen LogP contribution in [0, 0.1) is 11.6 Å². The summed E-state index contributed by atoms with van der Waals surface area (Å²) in [5.74, 6) is 0.233. The third kappa shape index (κ3) is 2.94. The lowest BCUT2D eigenvalue weighted by atomic mass is 10.1. The molecule has 0 amide bonds. The number of halogens is 3. The summed E-state index contributed by atoms with van der Waals surface area (Å²) in [6.07, 6.45) is 3.03. The standard InChI is InChI=1S/C18H14F2N4O.ClH/c1-10(2)18-23-22-15-6-3-11(8-24(15)18)17-16(21-9-25-17)13-7-12(19)4-5-14(13)20;/h3-10H,1-2H3;1H. The summed E-state index contributed by atoms with van der Waals surface area (Å²) in [7, 11) is 0. The van der Waals surface area contributed by atoms with Crippen molar-refractivity contribution >= 4 is 18.1 Å². The first kappa shape index (κ1) is 18.0. The van der Waals surface area contributed by atoms with Gasteiger partial charge in [0, 0.05) is 23.2 Å². The zero-order valence-corrected chi connectivity index (χ0v) is 14.8. The van der Waals surface area contributed by atoms with E-state index in [1.165, 1.54) is 6.39 Å². The predicted molar refractivity (Wildman–Crippen MR) is 95.2 cm³/mol. The molecule has 8 heteroatoms. The minimum absolute atomic E-state index is 0. The van der Waals surface area contributed by atoms with Crippen molar-refractivity contribution in [2.24, 2.45) is 0 Å². The van der Waals surface area contributed by atoms with Crippen molar-refractivity contribution in [3.05, 3.63) is 60.4 Å². The second-order valence-corrected chi connectivity index (χ2v) is 6.01. The van der Waals surface area contributed by atoms with E-state index in [9.17, 15) is 8.78 Å². The van der Waals surface area contributed by atoms with Gasteiger partial charge in [0.25, 0.3) is 0 Å². The molecule has 4 aromatic rings. The smallest absolute Gasteiger partial charge is 0.182 e. The summed E-state index contributed by atoms with van der Waals surface area (Å²) < 4.78 is 35.0. The predicted octanol–water partition coefficient (Wildman–Crippen LogP) is 4.87. The average molecular weight is 377 g/mol. The van der Waals surface area contributed by atoms with Crippen LogP contribution < -0.4 is 0 Å². The lowest BCUT2D eigenvalue weighted by Gasteiger charge is -2.06. The van der Waals surface area contributed by atoms with E-state index in [1.54, 1.807) is 12.1 Å². The van der Waals surface area contributed by atoms with Gasteiger partial charge in [-0.2, -0.15) is 0 Å². The van der Waals surface area contributed by atoms with Crippen LogP contribution in [0.5, 0.6) is 0 Å². The normalized spacial score (nSPS) is 11.1. The molecule has 0 fully saturated rings. The molecule has 1 aromatic carbocycles. The Morgan fingerprint density at radius 1 is 1.08 bits per heavy atom. The van der Waals surface area contributed by atoms with Gasteiger partial charge in [0.05, 0.1) is 0 Å². The van der Waals surface area contributed by atoms with E-state index in [4.69, 9.17) is 4.42 Å². The third-order valence-electron chi connectivity index (χ3n) is 3.96. The first-order valence-electron chi connectivity index (χ1n) is 7.78. The number of nitrogens with zero attached hydrogens (tertiary/aromatic N) is 4. The van der Waals surface area contributed by atoms with E-state index in [2.05, 4.69) is 15.2 Å². The molecule has 0 saturated carbocycles. The summed E-state index contributed by atoms with van der Waals surface area (Å²) >= 11 is 0. The van der Waals surface area contributed by atoms with Crippen LogP contribution in [0.4, 0.5) is 8.78 Å². The zero-order valence-electron chi connectivity index (χ0n) is 14.0. The molecule has 4 rings (SSSR count). The van der Waals surface area contributed by atoms with E-state index in [0.717, 1.165) is 24.0 Å². The molecule has 0 bridgehead atoms. The fraction of sp³-hybridized carbons (Fsp3) is 0.167. The number of aromatic nitrogens is 4. The van der Waals surface area contributed by atoms with Gasteiger partial charge in [0.1, 0.15) is 23.2 Å². The Balaban J connectivity index is 0.00000196. The largest absolute Gasteiger partial charge is 0.443 e. The minimum Gasteiger partial charge on any atom is -0.443 e. The molecule has 0 N–H and O–H groups in total. The fourth-order valence-corrected chi connectivity index (χ4v) is 2.76. The number of oxazole rings is 1. The van der Waals surface area contributed by atoms with E-state index in [0.29, 0.717) is 17.0 Å². The third-order valence-corrected chi connectivity index (χ3v) is 3.96. The van der Waals surface area contributed by atoms with E-state index in [1.807, 2.05) is 24.4 Å². The Bertz CT molecular complexity index is 1070. The molecule has 0 unspecified atom stereocenters. The molecule has 26 heavy (non-hydrogen) atoms. The number of hydrogen-bond donors (Lipinski definition) is 0. The van der Waals surface area contributed by atoms with E-state index >= 15 is 0 Å². The highest BCUT2D eigenvalue weighted by Crippen LogP contribution is 2.33. The highest BCUT2D eigenvalue weighted by Gasteiger charge is 2.18. The number of rotatable bonds is 3. The van der Waals surface area contributed by atoms with Crippen molar-refractivity contribution < 1.29 is 13.2 Å². The van der Waals surface area contributed by atoms with Crippen molar-refractivity contribution in [3.8, 4) is 22.6 Å². The molecule has 0 aliphatic rings. The molecule has 134 valence electrons. The number of pyridine rings is 1. The van der Waals surface area contributed by atoms with Crippen LogP contribution in [-0.2, 0) is 0 Å². The summed E-state index contributed by atoms with van der Waals surface area (Å²) in [4.78, 5) is 4.08. The van der Waals surface area contributed by atoms with Gasteiger partial charge in [-0.25, -0.2) is 13.8 Å². The van der Waals surface area contributed by atoms with Gasteiger partial charge in [0.15, 0.2) is 17.8 Å². The summed E-state index contributed by atoms with van der Waals surface area (Å²) in [6, 6.07) is 6.82. The van der Waals surface area contributed by atoms with Crippen molar-refractivity contribution in [2.75, 3.05) is 0 Å². The first-order chi connectivity index (χ1) is 12.0. The Morgan fingerprint density at radius 2 is 1.88 bits per heavy atom. The summed E-state index contributed by atoms with van der Waals surface area (Å²) in [5, 5.41) is 8.31. The van der Waals surface area contributed by atoms with Crippen LogP contribution in [-0.4, -0.2) is 19.6 Å². The quantitative estimate of drug-likeness (QED) is 0.511. The molecule has 0 aliphatic carbocycles. The van der Waals surface area contributed by atoms with Crippen LogP contribution in [0.15, 0.2) is 47.3 Å². The Labute approximate surface area is 154 Å². The maximum Gasteiger partial charge on any atom is 0.182 e. The number of hydrogen-bond acceptors (Lipinski definition) is 4. The molecular weight excluding hydrogens is 362 g/mol. The van der Waals surface area contributed by atoms with Gasteiger partial charge >= 0.3 is 0 Å². The van der Waals surface area contributed by atoms with E-state index in [-0.39, 0.29) is 29.6 Å². The number of fused-ring (bicyclic) bond motifs is 1. The topological polar surface area (TPSA) is 56.2 Å². The van der Waals surface area contributed by atoms with E-state index < -0.39 is 11.6 Å². The maximum atomic E-state index is 14.1. The minimum atomic E-state index is -0.565. The molecular formula is C18H15ClF2N4O. The van der Waals surface area contributed by atoms with Crippen molar-refractivity contribution in [3.63, 3.8) is 0 Å². The van der Waals surface area contributed by atoms with Gasteiger partial charge in [-0.05, 0) is 30.3 Å². The highest BCUT2D eigenvalue weighted by molar-refractivity contribution is 5.85. The van der Waals surface area contributed by atoms with Gasteiger partial charge in [0.2, 0.25) is 0 Å². The van der Waals surface area contributed by atoms with Crippen LogP contribution in [0.2, 0.25) is 0 Å². The van der Waals surface area contributed by atoms with Crippen LogP contribution in [0.3, 0.4) is 0 Å². The maximum absolute atomic E-state index is 14.1. The van der Waals surface area contributed by atoms with Crippen LogP contribution >= 0.6 is 12.4 Å². The molecule has 0 aliphatic heterocycles. The monoisotopic (exact) mass is 376 g/mol. The van der Waals surface area contributed by atoms with Crippen LogP contribution in [0.25, 0.3) is 28.2 Å². The Kier molecular flexibility index (Phi) is 4.73. The lowest BCUT2D eigenvalue weighted by Crippen LogP contribution is -1.97.